The van der Waals surface area contributed by atoms with Gasteiger partial charge >= 0.3 is 0 Å². The van der Waals surface area contributed by atoms with E-state index in [2.05, 4.69) is 18.7 Å². The predicted octanol–water partition coefficient (Wildman–Crippen LogP) is 2.38. The topological polar surface area (TPSA) is 29.3 Å². The van der Waals surface area contributed by atoms with Gasteiger partial charge in [0.1, 0.15) is 0 Å². The minimum Gasteiger partial charge on any atom is -0.324 e. The number of rotatable bonds is 5. The summed E-state index contributed by atoms with van der Waals surface area (Å²) in [5, 5.41) is 0. The Morgan fingerprint density at radius 2 is 1.80 bits per heavy atom. The van der Waals surface area contributed by atoms with Crippen LogP contribution in [0.5, 0.6) is 0 Å². The largest absolute Gasteiger partial charge is 0.324 e. The lowest BCUT2D eigenvalue weighted by Gasteiger charge is -2.35. The quantitative estimate of drug-likeness (QED) is 0.755. The maximum absolute atomic E-state index is 6.42. The Labute approximate surface area is 94.2 Å². The van der Waals surface area contributed by atoms with Crippen LogP contribution in [0.4, 0.5) is 0 Å². The second-order valence-corrected chi connectivity index (χ2v) is 5.78. The predicted molar refractivity (Wildman–Crippen MR) is 64.8 cm³/mol. The highest BCUT2D eigenvalue weighted by Crippen LogP contribution is 2.39. The first-order valence-electron chi connectivity index (χ1n) is 6.66. The van der Waals surface area contributed by atoms with Gasteiger partial charge in [0, 0.05) is 18.1 Å². The molecule has 0 amide bonds. The molecule has 0 heterocycles. The van der Waals surface area contributed by atoms with Crippen LogP contribution in [0.1, 0.15) is 52.4 Å². The van der Waals surface area contributed by atoms with Crippen molar-refractivity contribution in [2.75, 3.05) is 13.1 Å². The summed E-state index contributed by atoms with van der Waals surface area (Å²) in [4.78, 5) is 2.63. The summed E-state index contributed by atoms with van der Waals surface area (Å²) in [6.45, 7) is 6.81. The molecule has 0 aromatic rings. The maximum atomic E-state index is 6.42. The molecule has 2 fully saturated rings. The monoisotopic (exact) mass is 210 g/mol. The summed E-state index contributed by atoms with van der Waals surface area (Å²) in [5.74, 6) is 0.799. The van der Waals surface area contributed by atoms with E-state index in [9.17, 15) is 0 Å². The van der Waals surface area contributed by atoms with Crippen molar-refractivity contribution in [1.29, 1.82) is 0 Å². The Kier molecular flexibility index (Phi) is 3.36. The second-order valence-electron chi connectivity index (χ2n) is 5.78. The summed E-state index contributed by atoms with van der Waals surface area (Å²) < 4.78 is 0. The standard InChI is InChI=1S/C13H26N2/c1-3-15(12-6-4-5-7-12)10-13(2,14)11-8-9-11/h11-12H,3-10,14H2,1-2H3. The third kappa shape index (κ3) is 2.73. The Morgan fingerprint density at radius 1 is 1.20 bits per heavy atom. The molecule has 0 aromatic carbocycles. The van der Waals surface area contributed by atoms with E-state index < -0.39 is 0 Å². The minimum absolute atomic E-state index is 0.0681. The van der Waals surface area contributed by atoms with Gasteiger partial charge in [-0.25, -0.2) is 0 Å². The van der Waals surface area contributed by atoms with Gasteiger partial charge < -0.3 is 5.73 Å². The molecule has 0 aliphatic heterocycles. The van der Waals surface area contributed by atoms with Gasteiger partial charge in [-0.05, 0) is 45.1 Å². The Balaban J connectivity index is 1.88. The van der Waals surface area contributed by atoms with Crippen LogP contribution >= 0.6 is 0 Å². The van der Waals surface area contributed by atoms with Gasteiger partial charge in [0.2, 0.25) is 0 Å². The molecule has 1 atom stereocenters. The lowest BCUT2D eigenvalue weighted by Crippen LogP contribution is -2.52. The van der Waals surface area contributed by atoms with E-state index in [1.165, 1.54) is 45.1 Å². The van der Waals surface area contributed by atoms with Crippen LogP contribution in [-0.4, -0.2) is 29.6 Å². The van der Waals surface area contributed by atoms with Crippen LogP contribution in [0.25, 0.3) is 0 Å². The second kappa shape index (κ2) is 4.42. The van der Waals surface area contributed by atoms with E-state index in [-0.39, 0.29) is 5.54 Å². The van der Waals surface area contributed by atoms with Crippen LogP contribution in [0.2, 0.25) is 0 Å². The first kappa shape index (κ1) is 11.4. The lowest BCUT2D eigenvalue weighted by molar-refractivity contribution is 0.156. The summed E-state index contributed by atoms with van der Waals surface area (Å²) in [6, 6.07) is 0.830. The van der Waals surface area contributed by atoms with Gasteiger partial charge in [0.25, 0.3) is 0 Å². The van der Waals surface area contributed by atoms with Crippen molar-refractivity contribution in [1.82, 2.24) is 4.90 Å². The molecule has 0 bridgehead atoms. The van der Waals surface area contributed by atoms with Gasteiger partial charge in [-0.3, -0.25) is 4.90 Å². The maximum Gasteiger partial charge on any atom is 0.0283 e. The van der Waals surface area contributed by atoms with Crippen LogP contribution in [0.3, 0.4) is 0 Å². The summed E-state index contributed by atoms with van der Waals surface area (Å²) in [7, 11) is 0. The lowest BCUT2D eigenvalue weighted by atomic mass is 9.95. The number of nitrogens with zero attached hydrogens (tertiary/aromatic N) is 1. The van der Waals surface area contributed by atoms with Gasteiger partial charge in [0.05, 0.1) is 0 Å². The van der Waals surface area contributed by atoms with E-state index in [0.29, 0.717) is 0 Å². The van der Waals surface area contributed by atoms with Crippen molar-refractivity contribution in [3.8, 4) is 0 Å². The van der Waals surface area contributed by atoms with Gasteiger partial charge in [0.15, 0.2) is 0 Å². The molecule has 2 saturated carbocycles. The van der Waals surface area contributed by atoms with Crippen molar-refractivity contribution in [2.45, 2.75) is 64.0 Å². The minimum atomic E-state index is 0.0681. The van der Waals surface area contributed by atoms with Crippen molar-refractivity contribution >= 4 is 0 Å². The van der Waals surface area contributed by atoms with Crippen LogP contribution in [0.15, 0.2) is 0 Å². The highest BCUT2D eigenvalue weighted by Gasteiger charge is 2.40. The van der Waals surface area contributed by atoms with Gasteiger partial charge in [-0.1, -0.05) is 19.8 Å². The SMILES string of the molecule is CCN(CC(C)(N)C1CC1)C1CCCC1. The Hall–Kier alpha value is -0.0800. The van der Waals surface area contributed by atoms with Crippen molar-refractivity contribution in [2.24, 2.45) is 11.7 Å². The molecule has 1 unspecified atom stereocenters. The number of nitrogens with two attached hydrogens (primary N) is 1. The zero-order valence-corrected chi connectivity index (χ0v) is 10.3. The molecule has 15 heavy (non-hydrogen) atoms. The van der Waals surface area contributed by atoms with Crippen molar-refractivity contribution in [3.05, 3.63) is 0 Å². The summed E-state index contributed by atoms with van der Waals surface area (Å²) >= 11 is 0. The third-order valence-corrected chi connectivity index (χ3v) is 4.30. The molecule has 0 aromatic heterocycles. The van der Waals surface area contributed by atoms with E-state index in [4.69, 9.17) is 5.73 Å². The number of hydrogen-bond acceptors (Lipinski definition) is 2. The fourth-order valence-electron chi connectivity index (χ4n) is 3.08. The molecule has 2 N–H and O–H groups in total. The van der Waals surface area contributed by atoms with Gasteiger partial charge in [-0.15, -0.1) is 0 Å². The van der Waals surface area contributed by atoms with Crippen molar-refractivity contribution < 1.29 is 0 Å². The molecule has 2 nitrogen and oxygen atoms in total. The molecule has 0 spiro atoms. The first-order valence-corrected chi connectivity index (χ1v) is 6.66. The van der Waals surface area contributed by atoms with E-state index in [1.807, 2.05) is 0 Å². The highest BCUT2D eigenvalue weighted by atomic mass is 15.2. The molecule has 0 radical (unpaired) electrons. The van der Waals surface area contributed by atoms with E-state index in [0.717, 1.165) is 18.5 Å². The number of likely N-dealkylation sites (N-methyl/N-ethyl adjacent to an activating group) is 1. The Morgan fingerprint density at radius 3 is 2.27 bits per heavy atom. The normalized spacial score (nSPS) is 27.2. The fraction of sp³-hybridized carbons (Fsp3) is 1.00. The van der Waals surface area contributed by atoms with E-state index >= 15 is 0 Å². The first-order chi connectivity index (χ1) is 7.13. The van der Waals surface area contributed by atoms with Crippen LogP contribution in [-0.2, 0) is 0 Å². The summed E-state index contributed by atoms with van der Waals surface area (Å²) in [6.07, 6.45) is 8.35. The zero-order chi connectivity index (χ0) is 10.9. The average molecular weight is 210 g/mol. The molecule has 2 rings (SSSR count). The number of hydrogen-bond donors (Lipinski definition) is 1. The van der Waals surface area contributed by atoms with Crippen molar-refractivity contribution in [3.63, 3.8) is 0 Å². The zero-order valence-electron chi connectivity index (χ0n) is 10.3. The third-order valence-electron chi connectivity index (χ3n) is 4.30. The highest BCUT2D eigenvalue weighted by molar-refractivity contribution is 4.98. The summed E-state index contributed by atoms with van der Waals surface area (Å²) in [5.41, 5.74) is 6.49. The molecular weight excluding hydrogens is 184 g/mol. The van der Waals surface area contributed by atoms with Gasteiger partial charge in [-0.2, -0.15) is 0 Å². The molecule has 2 aliphatic rings. The molecule has 0 saturated heterocycles. The molecule has 2 aliphatic carbocycles. The molecule has 2 heteroatoms. The smallest absolute Gasteiger partial charge is 0.0283 e. The molecule has 88 valence electrons. The Bertz CT molecular complexity index is 203. The van der Waals surface area contributed by atoms with Crippen LogP contribution in [0, 0.1) is 5.92 Å². The fourth-order valence-corrected chi connectivity index (χ4v) is 3.08. The van der Waals surface area contributed by atoms with E-state index in [1.54, 1.807) is 0 Å². The molecular formula is C13H26N2. The van der Waals surface area contributed by atoms with Crippen LogP contribution < -0.4 is 5.73 Å². The average Bonchev–Trinajstić information content (AvgIpc) is 2.93.